The fourth-order valence-corrected chi connectivity index (χ4v) is 1.39. The van der Waals surface area contributed by atoms with Gasteiger partial charge in [0.2, 0.25) is 6.29 Å². The van der Waals surface area contributed by atoms with E-state index in [0.29, 0.717) is 6.42 Å². The van der Waals surface area contributed by atoms with E-state index in [1.54, 1.807) is 6.92 Å². The second-order valence-corrected chi connectivity index (χ2v) is 3.85. The van der Waals surface area contributed by atoms with Crippen LogP contribution in [-0.2, 0) is 9.53 Å². The maximum absolute atomic E-state index is 11.3. The lowest BCUT2D eigenvalue weighted by Gasteiger charge is -2.18. The Morgan fingerprint density at radius 2 is 1.94 bits per heavy atom. The molecule has 0 aliphatic heterocycles. The number of hydrogen-bond donors (Lipinski definition) is 0. The van der Waals surface area contributed by atoms with Crippen LogP contribution in [0.2, 0.25) is 0 Å². The fraction of sp³-hybridized carbons (Fsp3) is 0.500. The van der Waals surface area contributed by atoms with E-state index in [1.165, 1.54) is 0 Å². The van der Waals surface area contributed by atoms with Crippen LogP contribution in [0.1, 0.15) is 39.5 Å². The summed E-state index contributed by atoms with van der Waals surface area (Å²) in [5.74, 6) is 0.513. The van der Waals surface area contributed by atoms with Crippen molar-refractivity contribution in [1.29, 1.82) is 0 Å². The third-order valence-electron chi connectivity index (χ3n) is 2.36. The molecular weight excluding hydrogens is 216 g/mol. The molecule has 1 atom stereocenters. The Morgan fingerprint density at radius 3 is 2.53 bits per heavy atom. The molecule has 0 fully saturated rings. The van der Waals surface area contributed by atoms with Crippen molar-refractivity contribution < 1.29 is 14.3 Å². The van der Waals surface area contributed by atoms with Gasteiger partial charge >= 0.3 is 5.97 Å². The molecule has 0 saturated heterocycles. The van der Waals surface area contributed by atoms with Gasteiger partial charge in [-0.1, -0.05) is 38.5 Å². The lowest BCUT2D eigenvalue weighted by atomic mass is 10.2. The summed E-state index contributed by atoms with van der Waals surface area (Å²) in [6.07, 6.45) is 2.68. The molecule has 0 aromatic heterocycles. The Morgan fingerprint density at radius 1 is 1.24 bits per heavy atom. The predicted molar refractivity (Wildman–Crippen MR) is 66.8 cm³/mol. The highest BCUT2D eigenvalue weighted by Gasteiger charge is 2.14. The predicted octanol–water partition coefficient (Wildman–Crippen LogP) is 3.53. The Balaban J connectivity index is 2.53. The van der Waals surface area contributed by atoms with Crippen LogP contribution in [0.4, 0.5) is 0 Å². The number of benzene rings is 1. The first-order chi connectivity index (χ1) is 8.26. The van der Waals surface area contributed by atoms with Crippen molar-refractivity contribution >= 4 is 5.97 Å². The van der Waals surface area contributed by atoms with Crippen molar-refractivity contribution in [2.75, 3.05) is 0 Å². The number of carbonyl (C=O) groups excluding carboxylic acids is 1. The maximum atomic E-state index is 11.3. The maximum Gasteiger partial charge on any atom is 0.308 e. The molecular formula is C14H20O3. The average molecular weight is 236 g/mol. The molecule has 0 spiro atoms. The fourth-order valence-electron chi connectivity index (χ4n) is 1.39. The minimum atomic E-state index is -0.468. The van der Waals surface area contributed by atoms with Gasteiger partial charge in [-0.3, -0.25) is 4.79 Å². The zero-order valence-corrected chi connectivity index (χ0v) is 10.5. The van der Waals surface area contributed by atoms with Gasteiger partial charge in [0.1, 0.15) is 5.75 Å². The standard InChI is InChI=1S/C14H20O3/c1-3-5-11-14(17-13(15)4-2)16-12-9-7-6-8-10-12/h6-10,14H,3-5,11H2,1-2H3. The quantitative estimate of drug-likeness (QED) is 0.536. The number of hydrogen-bond acceptors (Lipinski definition) is 3. The van der Waals surface area contributed by atoms with Crippen molar-refractivity contribution in [2.45, 2.75) is 45.8 Å². The van der Waals surface area contributed by atoms with Crippen LogP contribution in [-0.4, -0.2) is 12.3 Å². The average Bonchev–Trinajstić information content (AvgIpc) is 2.37. The number of esters is 1. The summed E-state index contributed by atoms with van der Waals surface area (Å²) in [4.78, 5) is 11.3. The lowest BCUT2D eigenvalue weighted by molar-refractivity contribution is -0.164. The van der Waals surface area contributed by atoms with Crippen LogP contribution in [0.3, 0.4) is 0 Å². The number of para-hydroxylation sites is 1. The van der Waals surface area contributed by atoms with Crippen LogP contribution in [0.15, 0.2) is 30.3 Å². The number of ether oxygens (including phenoxy) is 2. The third-order valence-corrected chi connectivity index (χ3v) is 2.36. The number of rotatable bonds is 7. The van der Waals surface area contributed by atoms with E-state index in [1.807, 2.05) is 30.3 Å². The second-order valence-electron chi connectivity index (χ2n) is 3.85. The molecule has 94 valence electrons. The van der Waals surface area contributed by atoms with Gasteiger partial charge in [-0.25, -0.2) is 0 Å². The van der Waals surface area contributed by atoms with Crippen LogP contribution < -0.4 is 4.74 Å². The molecule has 1 rings (SSSR count). The van der Waals surface area contributed by atoms with Gasteiger partial charge < -0.3 is 9.47 Å². The first-order valence-electron chi connectivity index (χ1n) is 6.17. The monoisotopic (exact) mass is 236 g/mol. The van der Waals surface area contributed by atoms with E-state index in [0.717, 1.165) is 25.0 Å². The summed E-state index contributed by atoms with van der Waals surface area (Å²) in [7, 11) is 0. The van der Waals surface area contributed by atoms with E-state index in [9.17, 15) is 4.79 Å². The third kappa shape index (κ3) is 5.38. The summed E-state index contributed by atoms with van der Waals surface area (Å²) < 4.78 is 10.9. The Labute approximate surface area is 103 Å². The summed E-state index contributed by atoms with van der Waals surface area (Å²) in [6.45, 7) is 3.88. The molecule has 0 heterocycles. The van der Waals surface area contributed by atoms with Gasteiger partial charge in [0.25, 0.3) is 0 Å². The van der Waals surface area contributed by atoms with E-state index in [4.69, 9.17) is 9.47 Å². The summed E-state index contributed by atoms with van der Waals surface area (Å²) >= 11 is 0. The van der Waals surface area contributed by atoms with Crippen molar-refractivity contribution in [3.63, 3.8) is 0 Å². The molecule has 0 aliphatic rings. The summed E-state index contributed by atoms with van der Waals surface area (Å²) in [6, 6.07) is 9.44. The molecule has 0 amide bonds. The molecule has 3 heteroatoms. The van der Waals surface area contributed by atoms with Gasteiger partial charge in [-0.2, -0.15) is 0 Å². The molecule has 0 saturated carbocycles. The smallest absolute Gasteiger partial charge is 0.308 e. The molecule has 3 nitrogen and oxygen atoms in total. The van der Waals surface area contributed by atoms with Crippen LogP contribution >= 0.6 is 0 Å². The Hall–Kier alpha value is -1.51. The topological polar surface area (TPSA) is 35.5 Å². The van der Waals surface area contributed by atoms with Crippen molar-refractivity contribution in [1.82, 2.24) is 0 Å². The molecule has 17 heavy (non-hydrogen) atoms. The lowest BCUT2D eigenvalue weighted by Crippen LogP contribution is -2.24. The number of carbonyl (C=O) groups is 1. The minimum absolute atomic E-state index is 0.220. The van der Waals surface area contributed by atoms with E-state index in [2.05, 4.69) is 6.92 Å². The van der Waals surface area contributed by atoms with Crippen LogP contribution in [0, 0.1) is 0 Å². The second kappa shape index (κ2) is 7.71. The molecule has 0 N–H and O–H groups in total. The van der Waals surface area contributed by atoms with Gasteiger partial charge in [-0.15, -0.1) is 0 Å². The van der Waals surface area contributed by atoms with E-state index < -0.39 is 6.29 Å². The molecule has 1 aromatic carbocycles. The normalized spacial score (nSPS) is 11.9. The summed E-state index contributed by atoms with van der Waals surface area (Å²) in [5, 5.41) is 0. The highest BCUT2D eigenvalue weighted by Crippen LogP contribution is 2.15. The van der Waals surface area contributed by atoms with Gasteiger partial charge in [-0.05, 0) is 18.6 Å². The molecule has 1 unspecified atom stereocenters. The SMILES string of the molecule is CCCCC(OC(=O)CC)Oc1ccccc1. The van der Waals surface area contributed by atoms with Crippen LogP contribution in [0.25, 0.3) is 0 Å². The van der Waals surface area contributed by atoms with Gasteiger partial charge in [0.15, 0.2) is 0 Å². The van der Waals surface area contributed by atoms with Crippen molar-refractivity contribution in [3.05, 3.63) is 30.3 Å². The van der Waals surface area contributed by atoms with Crippen molar-refractivity contribution in [3.8, 4) is 5.75 Å². The van der Waals surface area contributed by atoms with Gasteiger partial charge in [0, 0.05) is 12.8 Å². The Bertz CT molecular complexity index is 321. The highest BCUT2D eigenvalue weighted by molar-refractivity contribution is 5.69. The van der Waals surface area contributed by atoms with Crippen molar-refractivity contribution in [2.24, 2.45) is 0 Å². The highest BCUT2D eigenvalue weighted by atomic mass is 16.7. The zero-order chi connectivity index (χ0) is 12.5. The Kier molecular flexibility index (Phi) is 6.15. The summed E-state index contributed by atoms with van der Waals surface area (Å²) in [5.41, 5.74) is 0. The first kappa shape index (κ1) is 13.6. The first-order valence-corrected chi connectivity index (χ1v) is 6.17. The van der Waals surface area contributed by atoms with Gasteiger partial charge in [0.05, 0.1) is 0 Å². The molecule has 0 aliphatic carbocycles. The van der Waals surface area contributed by atoms with Crippen LogP contribution in [0.5, 0.6) is 5.75 Å². The zero-order valence-electron chi connectivity index (χ0n) is 10.5. The molecule has 0 bridgehead atoms. The minimum Gasteiger partial charge on any atom is -0.455 e. The van der Waals surface area contributed by atoms with E-state index >= 15 is 0 Å². The van der Waals surface area contributed by atoms with E-state index in [-0.39, 0.29) is 5.97 Å². The molecule has 1 aromatic rings. The largest absolute Gasteiger partial charge is 0.455 e. The molecule has 0 radical (unpaired) electrons. The number of unbranched alkanes of at least 4 members (excludes halogenated alkanes) is 1.